The largest absolute Gasteiger partial charge is 0.444 e. The fraction of sp³-hybridized carbons (Fsp3) is 0.455. The number of hydrogen-bond donors (Lipinski definition) is 1. The molecule has 1 aliphatic heterocycles. The summed E-state index contributed by atoms with van der Waals surface area (Å²) in [6.07, 6.45) is -4.04. The zero-order valence-electron chi connectivity index (χ0n) is 9.17. The molecule has 2 rings (SSSR count). The number of nitriles is 1. The van der Waals surface area contributed by atoms with Crippen LogP contribution in [0.4, 0.5) is 13.2 Å². The van der Waals surface area contributed by atoms with Gasteiger partial charge < -0.3 is 10.5 Å². The zero-order chi connectivity index (χ0) is 13.5. The maximum absolute atomic E-state index is 13.0. The van der Waals surface area contributed by atoms with Gasteiger partial charge in [-0.1, -0.05) is 0 Å². The lowest BCUT2D eigenvalue weighted by Crippen LogP contribution is -2.36. The van der Waals surface area contributed by atoms with Crippen molar-refractivity contribution < 1.29 is 22.7 Å². The van der Waals surface area contributed by atoms with Crippen LogP contribution in [0.25, 0.3) is 0 Å². The van der Waals surface area contributed by atoms with Crippen LogP contribution in [-0.4, -0.2) is 12.0 Å². The van der Waals surface area contributed by atoms with Gasteiger partial charge in [-0.2, -0.15) is 18.4 Å². The van der Waals surface area contributed by atoms with Crippen LogP contribution in [0.2, 0.25) is 0 Å². The Morgan fingerprint density at radius 1 is 1.39 bits per heavy atom. The first-order valence-corrected chi connectivity index (χ1v) is 5.26. The van der Waals surface area contributed by atoms with Crippen LogP contribution < -0.4 is 5.73 Å². The Kier molecular flexibility index (Phi) is 2.81. The highest BCUT2D eigenvalue weighted by Gasteiger charge is 2.51. The van der Waals surface area contributed by atoms with Gasteiger partial charge in [-0.05, 0) is 6.42 Å². The molecule has 0 saturated carbocycles. The lowest BCUT2D eigenvalue weighted by molar-refractivity contribution is -0.159. The third-order valence-electron chi connectivity index (χ3n) is 2.93. The Balaban J connectivity index is 2.59. The van der Waals surface area contributed by atoms with Crippen molar-refractivity contribution in [3.63, 3.8) is 0 Å². The van der Waals surface area contributed by atoms with E-state index >= 15 is 0 Å². The molecule has 2 N–H and O–H groups in total. The first kappa shape index (κ1) is 12.5. The molecule has 18 heavy (non-hydrogen) atoms. The summed E-state index contributed by atoms with van der Waals surface area (Å²) in [6.45, 7) is 0. The third-order valence-corrected chi connectivity index (χ3v) is 2.93. The number of ether oxygens (including phenoxy) is 1. The first-order valence-electron chi connectivity index (χ1n) is 5.26. The smallest absolute Gasteiger partial charge is 0.400 e. The number of hydrogen-bond acceptors (Lipinski definition) is 4. The van der Waals surface area contributed by atoms with Gasteiger partial charge in [-0.3, -0.25) is 4.79 Å². The van der Waals surface area contributed by atoms with Crippen molar-refractivity contribution in [3.8, 4) is 6.07 Å². The van der Waals surface area contributed by atoms with Crippen LogP contribution in [0.15, 0.2) is 22.8 Å². The predicted octanol–water partition coefficient (Wildman–Crippen LogP) is 1.90. The van der Waals surface area contributed by atoms with Crippen molar-refractivity contribution in [1.29, 1.82) is 5.26 Å². The summed E-state index contributed by atoms with van der Waals surface area (Å²) in [5.74, 6) is -3.49. The number of nitrogens with zero attached hydrogens (tertiary/aromatic N) is 1. The third kappa shape index (κ3) is 1.83. The molecule has 0 aromatic rings. The van der Waals surface area contributed by atoms with Crippen molar-refractivity contribution in [3.05, 3.63) is 22.8 Å². The number of carbonyl (C=O) groups excluding carboxylic acids is 1. The molecular formula is C11H9F3N2O2. The number of Topliss-reactive ketones (excluding diaryl/α,β-unsaturated/α-hetero) is 1. The average Bonchev–Trinajstić information content (AvgIpc) is 2.26. The first-order chi connectivity index (χ1) is 8.36. The molecule has 0 amide bonds. The molecule has 0 aromatic carbocycles. The number of ketones is 1. The zero-order valence-corrected chi connectivity index (χ0v) is 9.17. The van der Waals surface area contributed by atoms with E-state index in [2.05, 4.69) is 0 Å². The number of rotatable bonds is 0. The summed E-state index contributed by atoms with van der Waals surface area (Å²) in [5, 5.41) is 8.77. The summed E-state index contributed by atoms with van der Waals surface area (Å²) in [4.78, 5) is 11.6. The van der Waals surface area contributed by atoms with Gasteiger partial charge in [0.1, 0.15) is 23.3 Å². The molecular weight excluding hydrogens is 249 g/mol. The van der Waals surface area contributed by atoms with E-state index in [4.69, 9.17) is 15.7 Å². The van der Waals surface area contributed by atoms with E-state index in [9.17, 15) is 18.0 Å². The SMILES string of the molecule is N#CC1=C(N)OC2=C(C(=O)CCC2)C1C(F)(F)F. The molecule has 1 unspecified atom stereocenters. The normalized spacial score (nSPS) is 24.6. The van der Waals surface area contributed by atoms with Crippen LogP contribution in [-0.2, 0) is 9.53 Å². The average molecular weight is 258 g/mol. The maximum Gasteiger partial charge on any atom is 0.400 e. The maximum atomic E-state index is 13.0. The number of allylic oxidation sites excluding steroid dienone is 3. The van der Waals surface area contributed by atoms with Crippen LogP contribution in [0.5, 0.6) is 0 Å². The lowest BCUT2D eigenvalue weighted by atomic mass is 9.81. The summed E-state index contributed by atoms with van der Waals surface area (Å²) in [5.41, 5.74) is 4.12. The van der Waals surface area contributed by atoms with Crippen LogP contribution in [0, 0.1) is 17.2 Å². The molecule has 0 bridgehead atoms. The second-order valence-electron chi connectivity index (χ2n) is 4.08. The van der Waals surface area contributed by atoms with E-state index in [1.807, 2.05) is 0 Å². The molecule has 0 fully saturated rings. The quantitative estimate of drug-likeness (QED) is 0.719. The Bertz CT molecular complexity index is 511. The molecule has 1 heterocycles. The Morgan fingerprint density at radius 3 is 2.61 bits per heavy atom. The molecule has 1 atom stereocenters. The van der Waals surface area contributed by atoms with E-state index in [-0.39, 0.29) is 18.6 Å². The molecule has 0 spiro atoms. The second-order valence-corrected chi connectivity index (χ2v) is 4.08. The van der Waals surface area contributed by atoms with Crippen LogP contribution >= 0.6 is 0 Å². The Morgan fingerprint density at radius 2 is 2.06 bits per heavy atom. The Labute approximate surface area is 101 Å². The standard InChI is InChI=1S/C11H9F3N2O2/c12-11(13,14)9-5(4-15)10(16)18-7-3-1-2-6(17)8(7)9/h9H,1-3,16H2. The Hall–Kier alpha value is -1.97. The highest BCUT2D eigenvalue weighted by Crippen LogP contribution is 2.45. The van der Waals surface area contributed by atoms with Crippen molar-refractivity contribution in [2.75, 3.05) is 0 Å². The van der Waals surface area contributed by atoms with Gasteiger partial charge in [0.15, 0.2) is 5.78 Å². The highest BCUT2D eigenvalue weighted by atomic mass is 19.4. The number of alkyl halides is 3. The minimum absolute atomic E-state index is 0.0351. The number of halogens is 3. The van der Waals surface area contributed by atoms with Gasteiger partial charge in [-0.15, -0.1) is 0 Å². The molecule has 96 valence electrons. The van der Waals surface area contributed by atoms with Crippen molar-refractivity contribution >= 4 is 5.78 Å². The summed E-state index contributed by atoms with van der Waals surface area (Å²) in [6, 6.07) is 1.39. The fourth-order valence-electron chi connectivity index (χ4n) is 2.18. The van der Waals surface area contributed by atoms with E-state index < -0.39 is 34.9 Å². The van der Waals surface area contributed by atoms with E-state index in [0.717, 1.165) is 0 Å². The molecule has 7 heteroatoms. The topological polar surface area (TPSA) is 76.1 Å². The van der Waals surface area contributed by atoms with Crippen molar-refractivity contribution in [2.24, 2.45) is 11.7 Å². The molecule has 4 nitrogen and oxygen atoms in total. The van der Waals surface area contributed by atoms with Crippen molar-refractivity contribution in [1.82, 2.24) is 0 Å². The number of nitrogens with two attached hydrogens (primary N) is 1. The van der Waals surface area contributed by atoms with Gasteiger partial charge in [0, 0.05) is 12.8 Å². The van der Waals surface area contributed by atoms with E-state index in [1.54, 1.807) is 0 Å². The molecule has 0 radical (unpaired) electrons. The number of carbonyl (C=O) groups is 1. The predicted molar refractivity (Wildman–Crippen MR) is 53.3 cm³/mol. The summed E-state index contributed by atoms with van der Waals surface area (Å²) < 4.78 is 44.0. The minimum Gasteiger partial charge on any atom is -0.444 e. The second kappa shape index (κ2) is 4.05. The highest BCUT2D eigenvalue weighted by molar-refractivity contribution is 5.98. The molecule has 0 aromatic heterocycles. The van der Waals surface area contributed by atoms with Crippen LogP contribution in [0.1, 0.15) is 19.3 Å². The van der Waals surface area contributed by atoms with Gasteiger partial charge >= 0.3 is 6.18 Å². The monoisotopic (exact) mass is 258 g/mol. The van der Waals surface area contributed by atoms with Crippen LogP contribution in [0.3, 0.4) is 0 Å². The van der Waals surface area contributed by atoms with E-state index in [1.165, 1.54) is 6.07 Å². The lowest BCUT2D eigenvalue weighted by Gasteiger charge is -2.31. The fourth-order valence-corrected chi connectivity index (χ4v) is 2.18. The molecule has 2 aliphatic rings. The van der Waals surface area contributed by atoms with Gasteiger partial charge in [0.2, 0.25) is 5.88 Å². The molecule has 0 saturated heterocycles. The summed E-state index contributed by atoms with van der Waals surface area (Å²) >= 11 is 0. The van der Waals surface area contributed by atoms with Crippen molar-refractivity contribution in [2.45, 2.75) is 25.4 Å². The van der Waals surface area contributed by atoms with Gasteiger partial charge in [0.05, 0.1) is 5.57 Å². The minimum atomic E-state index is -4.73. The van der Waals surface area contributed by atoms with Gasteiger partial charge in [-0.25, -0.2) is 0 Å². The van der Waals surface area contributed by atoms with E-state index in [0.29, 0.717) is 6.42 Å². The molecule has 1 aliphatic carbocycles. The van der Waals surface area contributed by atoms with Gasteiger partial charge in [0.25, 0.3) is 0 Å². The summed E-state index contributed by atoms with van der Waals surface area (Å²) in [7, 11) is 0.